The molecule has 0 bridgehead atoms. The topological polar surface area (TPSA) is 231 Å². The van der Waals surface area contributed by atoms with E-state index in [4.69, 9.17) is 17.2 Å². The van der Waals surface area contributed by atoms with Gasteiger partial charge in [-0.1, -0.05) is 13.8 Å². The summed E-state index contributed by atoms with van der Waals surface area (Å²) in [6.07, 6.45) is 6.09. The number of hydrogen-bond donors (Lipinski definition) is 8. The molecule has 36 heavy (non-hydrogen) atoms. The van der Waals surface area contributed by atoms with Gasteiger partial charge >= 0.3 is 5.97 Å². The molecular formula is C23H42N8O5. The minimum Gasteiger partial charge on any atom is -0.480 e. The SMILES string of the molecule is CC(C)C(NC(=O)C(N)Cc1cnc[nH]1)C(=O)NC(CCCCN)C(=O)NC(CCCCN)C(=O)O. The standard InChI is InChI=1S/C23H42N8O5/c1-14(2)19(31-20(32)16(26)11-15-12-27-13-28-15)22(34)29-17(7-3-5-9-24)21(33)30-18(23(35)36)8-4-6-10-25/h12-14,16-19H,3-11,24-26H2,1-2H3,(H,27,28)(H,29,34)(H,30,33)(H,31,32)(H,35,36). The molecule has 0 fully saturated rings. The molecule has 204 valence electrons. The van der Waals surface area contributed by atoms with Crippen LogP contribution in [0, 0.1) is 5.92 Å². The third-order valence-electron chi connectivity index (χ3n) is 5.72. The van der Waals surface area contributed by atoms with Gasteiger partial charge in [0.15, 0.2) is 0 Å². The highest BCUT2D eigenvalue weighted by Gasteiger charge is 2.31. The Kier molecular flexibility index (Phi) is 14.3. The van der Waals surface area contributed by atoms with Crippen molar-refractivity contribution in [2.24, 2.45) is 23.1 Å². The summed E-state index contributed by atoms with van der Waals surface area (Å²) in [6, 6.07) is -3.95. The molecule has 1 aromatic rings. The minimum absolute atomic E-state index is 0.211. The number of aliphatic carboxylic acids is 1. The highest BCUT2D eigenvalue weighted by molar-refractivity contribution is 5.94. The number of unbranched alkanes of at least 4 members (excludes halogenated alkanes) is 2. The molecule has 0 aliphatic heterocycles. The van der Waals surface area contributed by atoms with Crippen LogP contribution < -0.4 is 33.2 Å². The number of nitrogens with zero attached hydrogens (tertiary/aromatic N) is 1. The maximum Gasteiger partial charge on any atom is 0.326 e. The molecule has 0 saturated carbocycles. The van der Waals surface area contributed by atoms with E-state index in [0.29, 0.717) is 44.5 Å². The number of aromatic amines is 1. The van der Waals surface area contributed by atoms with Gasteiger partial charge in [0.05, 0.1) is 12.4 Å². The van der Waals surface area contributed by atoms with Crippen LogP contribution in [-0.4, -0.2) is 76.0 Å². The molecule has 1 aromatic heterocycles. The molecule has 0 spiro atoms. The molecule has 3 amide bonds. The van der Waals surface area contributed by atoms with E-state index >= 15 is 0 Å². The van der Waals surface area contributed by atoms with Crippen molar-refractivity contribution in [3.8, 4) is 0 Å². The molecule has 13 heteroatoms. The average Bonchev–Trinajstić information content (AvgIpc) is 3.33. The highest BCUT2D eigenvalue weighted by Crippen LogP contribution is 2.08. The van der Waals surface area contributed by atoms with Gasteiger partial charge in [0.2, 0.25) is 17.7 Å². The van der Waals surface area contributed by atoms with E-state index < -0.39 is 47.9 Å². The first-order valence-electron chi connectivity index (χ1n) is 12.4. The summed E-state index contributed by atoms with van der Waals surface area (Å²) < 4.78 is 0. The van der Waals surface area contributed by atoms with Crippen molar-refractivity contribution < 1.29 is 24.3 Å². The van der Waals surface area contributed by atoms with Crippen molar-refractivity contribution in [2.75, 3.05) is 13.1 Å². The lowest BCUT2D eigenvalue weighted by Gasteiger charge is -2.27. The molecule has 11 N–H and O–H groups in total. The Labute approximate surface area is 211 Å². The van der Waals surface area contributed by atoms with Gasteiger partial charge < -0.3 is 43.2 Å². The molecule has 13 nitrogen and oxygen atoms in total. The second-order valence-corrected chi connectivity index (χ2v) is 9.15. The van der Waals surface area contributed by atoms with Gasteiger partial charge in [-0.05, 0) is 57.5 Å². The Bertz CT molecular complexity index is 817. The summed E-state index contributed by atoms with van der Waals surface area (Å²) in [6.45, 7) is 4.35. The Morgan fingerprint density at radius 1 is 0.917 bits per heavy atom. The monoisotopic (exact) mass is 510 g/mol. The molecule has 1 rings (SSSR count). The fourth-order valence-corrected chi connectivity index (χ4v) is 3.57. The van der Waals surface area contributed by atoms with Crippen LogP contribution in [0.5, 0.6) is 0 Å². The van der Waals surface area contributed by atoms with Gasteiger partial charge in [0, 0.05) is 18.3 Å². The van der Waals surface area contributed by atoms with Crippen LogP contribution in [0.4, 0.5) is 0 Å². The van der Waals surface area contributed by atoms with Crippen LogP contribution in [0.1, 0.15) is 58.1 Å². The van der Waals surface area contributed by atoms with Crippen molar-refractivity contribution in [3.05, 3.63) is 18.2 Å². The first kappa shape index (κ1) is 31.0. The van der Waals surface area contributed by atoms with Crippen LogP contribution in [0.15, 0.2) is 12.5 Å². The molecule has 0 saturated heterocycles. The predicted molar refractivity (Wildman–Crippen MR) is 134 cm³/mol. The number of aromatic nitrogens is 2. The van der Waals surface area contributed by atoms with Crippen LogP contribution in [0.2, 0.25) is 0 Å². The zero-order valence-corrected chi connectivity index (χ0v) is 21.2. The number of carbonyl (C=O) groups is 4. The maximum atomic E-state index is 13.1. The van der Waals surface area contributed by atoms with Gasteiger partial charge in [-0.2, -0.15) is 0 Å². The Balaban J connectivity index is 2.88. The number of H-pyrrole nitrogens is 1. The smallest absolute Gasteiger partial charge is 0.326 e. The van der Waals surface area contributed by atoms with Crippen molar-refractivity contribution >= 4 is 23.7 Å². The number of nitrogens with one attached hydrogen (secondary N) is 4. The van der Waals surface area contributed by atoms with Crippen LogP contribution >= 0.6 is 0 Å². The van der Waals surface area contributed by atoms with Gasteiger partial charge in [-0.25, -0.2) is 9.78 Å². The normalized spacial score (nSPS) is 14.5. The number of rotatable bonds is 18. The van der Waals surface area contributed by atoms with Gasteiger partial charge in [0.25, 0.3) is 0 Å². The number of nitrogens with two attached hydrogens (primary N) is 3. The van der Waals surface area contributed by atoms with Crippen LogP contribution in [0.3, 0.4) is 0 Å². The number of carboxylic acids is 1. The molecule has 0 radical (unpaired) electrons. The highest BCUT2D eigenvalue weighted by atomic mass is 16.4. The van der Waals surface area contributed by atoms with Gasteiger partial charge in [-0.15, -0.1) is 0 Å². The first-order chi connectivity index (χ1) is 17.1. The molecule has 0 aliphatic carbocycles. The number of carboxylic acid groups (broad SMARTS) is 1. The number of hydrogen-bond acceptors (Lipinski definition) is 8. The van der Waals surface area contributed by atoms with E-state index in [1.807, 2.05) is 0 Å². The Hall–Kier alpha value is -3.03. The first-order valence-corrected chi connectivity index (χ1v) is 12.4. The van der Waals surface area contributed by atoms with E-state index in [1.54, 1.807) is 20.0 Å². The van der Waals surface area contributed by atoms with Crippen LogP contribution in [-0.2, 0) is 25.6 Å². The summed E-state index contributed by atoms with van der Waals surface area (Å²) in [7, 11) is 0. The van der Waals surface area contributed by atoms with Crippen molar-refractivity contribution in [3.63, 3.8) is 0 Å². The summed E-state index contributed by atoms with van der Waals surface area (Å²) in [4.78, 5) is 57.1. The number of imidazole rings is 1. The fourth-order valence-electron chi connectivity index (χ4n) is 3.57. The summed E-state index contributed by atoms with van der Waals surface area (Å²) >= 11 is 0. The second-order valence-electron chi connectivity index (χ2n) is 9.15. The minimum atomic E-state index is -1.16. The number of amides is 3. The molecule has 0 aliphatic rings. The predicted octanol–water partition coefficient (Wildman–Crippen LogP) is -1.27. The van der Waals surface area contributed by atoms with Crippen molar-refractivity contribution in [1.82, 2.24) is 25.9 Å². The average molecular weight is 511 g/mol. The molecule has 4 atom stereocenters. The zero-order chi connectivity index (χ0) is 27.1. The molecule has 1 heterocycles. The van der Waals surface area contributed by atoms with Gasteiger partial charge in [0.1, 0.15) is 18.1 Å². The lowest BCUT2D eigenvalue weighted by molar-refractivity contribution is -0.142. The number of carbonyl (C=O) groups excluding carboxylic acids is 3. The fraction of sp³-hybridized carbons (Fsp3) is 0.696. The molecular weight excluding hydrogens is 468 g/mol. The Morgan fingerprint density at radius 2 is 1.50 bits per heavy atom. The molecule has 0 aromatic carbocycles. The van der Waals surface area contributed by atoms with Gasteiger partial charge in [-0.3, -0.25) is 14.4 Å². The zero-order valence-electron chi connectivity index (χ0n) is 21.2. The van der Waals surface area contributed by atoms with E-state index in [9.17, 15) is 24.3 Å². The summed E-state index contributed by atoms with van der Waals surface area (Å²) in [5.41, 5.74) is 17.7. The lowest BCUT2D eigenvalue weighted by Crippen LogP contribution is -2.58. The Morgan fingerprint density at radius 3 is 2.00 bits per heavy atom. The van der Waals surface area contributed by atoms with Crippen molar-refractivity contribution in [2.45, 2.75) is 83.0 Å². The summed E-state index contributed by atoms with van der Waals surface area (Å²) in [5.74, 6) is -3.15. The van der Waals surface area contributed by atoms with E-state index in [-0.39, 0.29) is 25.2 Å². The van der Waals surface area contributed by atoms with Crippen molar-refractivity contribution in [1.29, 1.82) is 0 Å². The maximum absolute atomic E-state index is 13.1. The largest absolute Gasteiger partial charge is 0.480 e. The van der Waals surface area contributed by atoms with E-state index in [2.05, 4.69) is 25.9 Å². The van der Waals surface area contributed by atoms with E-state index in [0.717, 1.165) is 0 Å². The summed E-state index contributed by atoms with van der Waals surface area (Å²) in [5, 5.41) is 17.4. The third kappa shape index (κ3) is 11.1. The third-order valence-corrected chi connectivity index (χ3v) is 5.72. The second kappa shape index (κ2) is 16.6. The lowest BCUT2D eigenvalue weighted by atomic mass is 10.0. The quantitative estimate of drug-likeness (QED) is 0.110. The van der Waals surface area contributed by atoms with Crippen LogP contribution in [0.25, 0.3) is 0 Å². The molecule has 4 unspecified atom stereocenters. The van der Waals surface area contributed by atoms with E-state index in [1.165, 1.54) is 6.33 Å².